The van der Waals surface area contributed by atoms with Crippen LogP contribution in [-0.4, -0.2) is 31.4 Å². The van der Waals surface area contributed by atoms with E-state index in [1.807, 2.05) is 72.8 Å². The molecule has 0 heterocycles. The molecular formula is C21H21BrMgOSi. The van der Waals surface area contributed by atoms with Crippen LogP contribution < -0.4 is 37.3 Å². The quantitative estimate of drug-likeness (QED) is 0.375. The van der Waals surface area contributed by atoms with Crippen molar-refractivity contribution < 1.29 is 21.8 Å². The molecule has 3 aromatic rings. The van der Waals surface area contributed by atoms with Gasteiger partial charge < -0.3 is 21.8 Å². The Morgan fingerprint density at radius 1 is 0.520 bits per heavy atom. The molecule has 3 aromatic carbocycles. The normalized spacial score (nSPS) is 10.6. The standard InChI is InChI=1S/C21H21OSi.BrH.Mg/c1-16-4-10-19(11-5-16)23(22,20-12-6-17(2)7-13-20)21-14-8-18(3)9-15-21;;/h4-15H,1-3H3;1H;/q-1;;+2/p-1. The molecule has 0 atom stereocenters. The zero-order valence-electron chi connectivity index (χ0n) is 14.9. The summed E-state index contributed by atoms with van der Waals surface area (Å²) in [5.74, 6) is 0. The molecule has 0 saturated heterocycles. The smallest absolute Gasteiger partial charge is 1.00 e. The molecule has 0 unspecified atom stereocenters. The molecule has 0 saturated carbocycles. The molecule has 0 N–H and O–H groups in total. The van der Waals surface area contributed by atoms with Gasteiger partial charge in [-0.3, -0.25) is 0 Å². The number of benzene rings is 3. The van der Waals surface area contributed by atoms with Crippen molar-refractivity contribution in [3.8, 4) is 0 Å². The van der Waals surface area contributed by atoms with Crippen molar-refractivity contribution in [2.45, 2.75) is 20.8 Å². The molecule has 0 aromatic heterocycles. The first kappa shape index (κ1) is 22.1. The Kier molecular flexibility index (Phi) is 8.09. The summed E-state index contributed by atoms with van der Waals surface area (Å²) >= 11 is 0. The van der Waals surface area contributed by atoms with Crippen LogP contribution in [0.2, 0.25) is 0 Å². The van der Waals surface area contributed by atoms with E-state index in [2.05, 4.69) is 20.8 Å². The van der Waals surface area contributed by atoms with Crippen molar-refractivity contribution in [3.05, 3.63) is 89.5 Å². The fourth-order valence-electron chi connectivity index (χ4n) is 2.86. The van der Waals surface area contributed by atoms with Crippen molar-refractivity contribution in [2.24, 2.45) is 0 Å². The van der Waals surface area contributed by atoms with E-state index in [4.69, 9.17) is 0 Å². The second-order valence-electron chi connectivity index (χ2n) is 6.28. The molecule has 0 aliphatic carbocycles. The minimum Gasteiger partial charge on any atom is -1.00 e. The van der Waals surface area contributed by atoms with E-state index in [1.54, 1.807) is 0 Å². The van der Waals surface area contributed by atoms with Gasteiger partial charge in [0.25, 0.3) is 0 Å². The van der Waals surface area contributed by atoms with Crippen molar-refractivity contribution in [2.75, 3.05) is 0 Å². The van der Waals surface area contributed by atoms with E-state index < -0.39 is 8.32 Å². The van der Waals surface area contributed by atoms with Crippen LogP contribution in [0.25, 0.3) is 0 Å². The average molecular weight is 422 g/mol. The van der Waals surface area contributed by atoms with E-state index >= 15 is 0 Å². The van der Waals surface area contributed by atoms with Crippen molar-refractivity contribution in [1.82, 2.24) is 0 Å². The number of hydrogen-bond acceptors (Lipinski definition) is 1. The summed E-state index contributed by atoms with van der Waals surface area (Å²) in [5.41, 5.74) is 3.54. The third-order valence-electron chi connectivity index (χ3n) is 4.37. The average Bonchev–Trinajstić information content (AvgIpc) is 2.56. The second-order valence-corrected chi connectivity index (χ2v) is 9.37. The molecule has 1 nitrogen and oxygen atoms in total. The Labute approximate surface area is 178 Å². The van der Waals surface area contributed by atoms with Gasteiger partial charge >= 0.3 is 23.1 Å². The van der Waals surface area contributed by atoms with Crippen LogP contribution in [0, 0.1) is 20.8 Å². The van der Waals surface area contributed by atoms with Crippen LogP contribution in [0.1, 0.15) is 16.7 Å². The van der Waals surface area contributed by atoms with E-state index in [-0.39, 0.29) is 40.0 Å². The molecule has 0 radical (unpaired) electrons. The zero-order chi connectivity index (χ0) is 16.4. The molecule has 0 spiro atoms. The molecule has 0 aliphatic heterocycles. The fourth-order valence-corrected chi connectivity index (χ4v) is 5.77. The molecule has 3 rings (SSSR count). The molecule has 124 valence electrons. The molecular weight excluding hydrogens is 401 g/mol. The predicted octanol–water partition coefficient (Wildman–Crippen LogP) is -1.44. The summed E-state index contributed by atoms with van der Waals surface area (Å²) < 4.78 is 0. The molecule has 0 amide bonds. The number of rotatable bonds is 3. The van der Waals surface area contributed by atoms with Crippen molar-refractivity contribution in [3.63, 3.8) is 0 Å². The molecule has 0 bridgehead atoms. The first-order valence-corrected chi connectivity index (χ1v) is 9.83. The second kappa shape index (κ2) is 9.15. The summed E-state index contributed by atoms with van der Waals surface area (Å²) in [7, 11) is -3.20. The molecule has 0 aliphatic rings. The van der Waals surface area contributed by atoms with Gasteiger partial charge in [0.15, 0.2) is 0 Å². The summed E-state index contributed by atoms with van der Waals surface area (Å²) in [6.45, 7) is 6.15. The maximum Gasteiger partial charge on any atom is 2.00 e. The first-order valence-electron chi connectivity index (χ1n) is 7.92. The number of halogens is 1. The molecule has 25 heavy (non-hydrogen) atoms. The van der Waals surface area contributed by atoms with Gasteiger partial charge in [0, 0.05) is 0 Å². The van der Waals surface area contributed by atoms with Crippen LogP contribution in [0.4, 0.5) is 0 Å². The van der Waals surface area contributed by atoms with Crippen LogP contribution in [-0.2, 0) is 0 Å². The van der Waals surface area contributed by atoms with Crippen molar-refractivity contribution >= 4 is 46.9 Å². The van der Waals surface area contributed by atoms with Gasteiger partial charge in [-0.1, -0.05) is 105 Å². The number of hydrogen-bond donors (Lipinski definition) is 0. The van der Waals surface area contributed by atoms with Gasteiger partial charge in [-0.05, 0) is 20.8 Å². The minimum absolute atomic E-state index is 0. The van der Waals surface area contributed by atoms with Crippen LogP contribution in [0.3, 0.4) is 0 Å². The van der Waals surface area contributed by atoms with E-state index in [1.165, 1.54) is 16.7 Å². The van der Waals surface area contributed by atoms with Gasteiger partial charge in [-0.25, -0.2) is 0 Å². The zero-order valence-corrected chi connectivity index (χ0v) is 18.9. The SMILES string of the molecule is Cc1ccc([Si]([O-])(c2ccc(C)cc2)c2ccc(C)cc2)cc1.[Br-].[Mg+2]. The Morgan fingerprint density at radius 3 is 0.920 bits per heavy atom. The van der Waals surface area contributed by atoms with Gasteiger partial charge in [0.2, 0.25) is 0 Å². The monoisotopic (exact) mass is 420 g/mol. The van der Waals surface area contributed by atoms with Crippen LogP contribution in [0.5, 0.6) is 0 Å². The van der Waals surface area contributed by atoms with Gasteiger partial charge in [0.1, 0.15) is 0 Å². The van der Waals surface area contributed by atoms with E-state index in [9.17, 15) is 4.80 Å². The molecule has 0 fully saturated rings. The summed E-state index contributed by atoms with van der Waals surface area (Å²) in [6.07, 6.45) is 0. The van der Waals surface area contributed by atoms with E-state index in [0.717, 1.165) is 15.6 Å². The van der Waals surface area contributed by atoms with Gasteiger partial charge in [-0.2, -0.15) is 0 Å². The number of aryl methyl sites for hydroxylation is 3. The maximum atomic E-state index is 14.2. The van der Waals surface area contributed by atoms with E-state index in [0.29, 0.717) is 0 Å². The first-order chi connectivity index (χ1) is 11.0. The summed E-state index contributed by atoms with van der Waals surface area (Å²) in [6, 6.07) is 24.3. The van der Waals surface area contributed by atoms with Crippen LogP contribution in [0.15, 0.2) is 72.8 Å². The summed E-state index contributed by atoms with van der Waals surface area (Å²) in [5, 5.41) is 2.74. The summed E-state index contributed by atoms with van der Waals surface area (Å²) in [4.78, 5) is 14.2. The van der Waals surface area contributed by atoms with Crippen molar-refractivity contribution in [1.29, 1.82) is 0 Å². The Morgan fingerprint density at radius 2 is 0.720 bits per heavy atom. The van der Waals surface area contributed by atoms with Crippen LogP contribution >= 0.6 is 0 Å². The minimum atomic E-state index is -3.20. The Hall–Kier alpha value is -0.917. The van der Waals surface area contributed by atoms with Gasteiger partial charge in [-0.15, -0.1) is 0 Å². The molecule has 4 heteroatoms. The predicted molar refractivity (Wildman–Crippen MR) is 104 cm³/mol. The fraction of sp³-hybridized carbons (Fsp3) is 0.143. The Bertz CT molecular complexity index is 688. The largest absolute Gasteiger partial charge is 2.00 e. The maximum absolute atomic E-state index is 14.2. The third kappa shape index (κ3) is 4.63. The Balaban J connectivity index is 0.00000156. The topological polar surface area (TPSA) is 23.1 Å². The third-order valence-corrected chi connectivity index (χ3v) is 7.81. The van der Waals surface area contributed by atoms with Gasteiger partial charge in [0.05, 0.1) is 8.32 Å².